The summed E-state index contributed by atoms with van der Waals surface area (Å²) in [6.45, 7) is 5.80. The summed E-state index contributed by atoms with van der Waals surface area (Å²) in [7, 11) is 0. The van der Waals surface area contributed by atoms with Gasteiger partial charge in [-0.25, -0.2) is 0 Å². The van der Waals surface area contributed by atoms with Gasteiger partial charge in [0.1, 0.15) is 36.6 Å². The van der Waals surface area contributed by atoms with Crippen LogP contribution in [0.4, 0.5) is 0 Å². The second-order valence-electron chi connectivity index (χ2n) is 18.5. The molecule has 1 fully saturated rings. The van der Waals surface area contributed by atoms with Gasteiger partial charge in [-0.15, -0.1) is 0 Å². The number of carbonyl (C=O) groups is 1. The van der Waals surface area contributed by atoms with E-state index in [1.165, 1.54) is 148 Å². The minimum Gasteiger partial charge on any atom is -0.394 e. The van der Waals surface area contributed by atoms with Crippen LogP contribution in [0.2, 0.25) is 0 Å². The molecule has 1 rings (SSSR count). The summed E-state index contributed by atoms with van der Waals surface area (Å²) >= 11 is 0. The largest absolute Gasteiger partial charge is 0.394 e. The SMILES string of the molecule is CCCCCCCCCCCCCCCCCCCCCC[C@@H](O)C(=O)N[C@@H](CO[C@@H]1O[C@H](CO)[C@H](O)[C@H](O)[C@H]1O)[C@H](O)[C@H](O)CCCCCCCCCCC(C)CCC. The molecule has 358 valence electrons. The first-order chi connectivity index (χ1) is 29.1. The van der Waals surface area contributed by atoms with E-state index in [-0.39, 0.29) is 6.42 Å². The van der Waals surface area contributed by atoms with Gasteiger partial charge in [0.05, 0.1) is 25.4 Å². The average Bonchev–Trinajstić information content (AvgIpc) is 3.24. The predicted octanol–water partition coefficient (Wildman–Crippen LogP) is 8.92. The summed E-state index contributed by atoms with van der Waals surface area (Å²) in [4.78, 5) is 13.1. The van der Waals surface area contributed by atoms with Gasteiger partial charge in [0.2, 0.25) is 5.91 Å². The summed E-state index contributed by atoms with van der Waals surface area (Å²) in [5.74, 6) is 0.119. The van der Waals surface area contributed by atoms with Gasteiger partial charge in [-0.1, -0.05) is 220 Å². The zero-order valence-electron chi connectivity index (χ0n) is 38.9. The first kappa shape index (κ1) is 57.1. The Bertz CT molecular complexity index is 959. The van der Waals surface area contributed by atoms with Crippen LogP contribution in [0.25, 0.3) is 0 Å². The molecule has 1 aliphatic heterocycles. The summed E-state index contributed by atoms with van der Waals surface area (Å²) in [5, 5.41) is 75.8. The molecule has 11 heteroatoms. The number of unbranched alkanes of at least 4 members (excludes halogenated alkanes) is 26. The van der Waals surface area contributed by atoms with Crippen molar-refractivity contribution in [2.24, 2.45) is 5.92 Å². The molecule has 0 radical (unpaired) electrons. The molecule has 0 aromatic carbocycles. The zero-order valence-corrected chi connectivity index (χ0v) is 38.9. The quantitative estimate of drug-likeness (QED) is 0.0275. The molecule has 10 atom stereocenters. The molecule has 0 saturated carbocycles. The van der Waals surface area contributed by atoms with Crippen LogP contribution in [0.15, 0.2) is 0 Å². The van der Waals surface area contributed by atoms with E-state index < -0.39 is 74.2 Å². The fourth-order valence-corrected chi connectivity index (χ4v) is 8.62. The molecule has 8 N–H and O–H groups in total. The third kappa shape index (κ3) is 28.0. The van der Waals surface area contributed by atoms with Crippen LogP contribution in [0.5, 0.6) is 0 Å². The second-order valence-corrected chi connectivity index (χ2v) is 18.5. The molecular formula is C49H97NO10. The number of carbonyl (C=O) groups excluding carboxylic acids is 1. The van der Waals surface area contributed by atoms with Crippen molar-refractivity contribution in [3.63, 3.8) is 0 Å². The Labute approximate surface area is 367 Å². The lowest BCUT2D eigenvalue weighted by atomic mass is 9.97. The smallest absolute Gasteiger partial charge is 0.249 e. The van der Waals surface area contributed by atoms with Crippen molar-refractivity contribution in [2.45, 2.75) is 288 Å². The molecule has 0 aromatic heterocycles. The first-order valence-electron chi connectivity index (χ1n) is 25.3. The van der Waals surface area contributed by atoms with Gasteiger partial charge in [-0.2, -0.15) is 0 Å². The van der Waals surface area contributed by atoms with Crippen molar-refractivity contribution < 1.29 is 50.0 Å². The number of aliphatic hydroxyl groups is 7. The number of aliphatic hydroxyl groups excluding tert-OH is 7. The van der Waals surface area contributed by atoms with E-state index in [0.717, 1.165) is 44.4 Å². The van der Waals surface area contributed by atoms with E-state index in [0.29, 0.717) is 19.3 Å². The van der Waals surface area contributed by atoms with Crippen molar-refractivity contribution >= 4 is 5.91 Å². The highest BCUT2D eigenvalue weighted by atomic mass is 16.7. The molecule has 60 heavy (non-hydrogen) atoms. The molecule has 1 aliphatic rings. The van der Waals surface area contributed by atoms with Crippen molar-refractivity contribution in [2.75, 3.05) is 13.2 Å². The van der Waals surface area contributed by atoms with Crippen LogP contribution in [-0.2, 0) is 14.3 Å². The Kier molecular flexibility index (Phi) is 36.7. The van der Waals surface area contributed by atoms with Crippen LogP contribution >= 0.6 is 0 Å². The molecule has 0 bridgehead atoms. The Morgan fingerprint density at radius 3 is 1.40 bits per heavy atom. The lowest BCUT2D eigenvalue weighted by Crippen LogP contribution is -2.60. The predicted molar refractivity (Wildman–Crippen MR) is 243 cm³/mol. The summed E-state index contributed by atoms with van der Waals surface area (Å²) in [6.07, 6.45) is 27.2. The molecule has 1 saturated heterocycles. The second kappa shape index (κ2) is 38.6. The number of rotatable bonds is 42. The maximum atomic E-state index is 13.1. The summed E-state index contributed by atoms with van der Waals surface area (Å²) < 4.78 is 11.1. The van der Waals surface area contributed by atoms with E-state index in [1.54, 1.807) is 0 Å². The molecule has 1 unspecified atom stereocenters. The molecular weight excluding hydrogens is 763 g/mol. The molecule has 0 spiro atoms. The Morgan fingerprint density at radius 1 is 0.550 bits per heavy atom. The molecule has 1 heterocycles. The molecule has 11 nitrogen and oxygen atoms in total. The highest BCUT2D eigenvalue weighted by molar-refractivity contribution is 5.80. The highest BCUT2D eigenvalue weighted by Gasteiger charge is 2.44. The van der Waals surface area contributed by atoms with Gasteiger partial charge < -0.3 is 50.5 Å². The van der Waals surface area contributed by atoms with Gasteiger partial charge in [0.15, 0.2) is 6.29 Å². The molecule has 0 aliphatic carbocycles. The number of hydrogen-bond donors (Lipinski definition) is 8. The Hall–Kier alpha value is -0.890. The van der Waals surface area contributed by atoms with Gasteiger partial charge in [0.25, 0.3) is 0 Å². The summed E-state index contributed by atoms with van der Waals surface area (Å²) in [6, 6.07) is -1.16. The van der Waals surface area contributed by atoms with Gasteiger partial charge >= 0.3 is 0 Å². The van der Waals surface area contributed by atoms with E-state index in [2.05, 4.69) is 26.1 Å². The number of ether oxygens (including phenoxy) is 2. The maximum Gasteiger partial charge on any atom is 0.249 e. The van der Waals surface area contributed by atoms with Crippen LogP contribution in [0.1, 0.15) is 233 Å². The van der Waals surface area contributed by atoms with Gasteiger partial charge in [-0.3, -0.25) is 4.79 Å². The van der Waals surface area contributed by atoms with Crippen molar-refractivity contribution in [1.82, 2.24) is 5.32 Å². The monoisotopic (exact) mass is 860 g/mol. The van der Waals surface area contributed by atoms with E-state index in [4.69, 9.17) is 9.47 Å². The number of hydrogen-bond acceptors (Lipinski definition) is 10. The van der Waals surface area contributed by atoms with Crippen molar-refractivity contribution in [1.29, 1.82) is 0 Å². The molecule has 0 aromatic rings. The lowest BCUT2D eigenvalue weighted by molar-refractivity contribution is -0.303. The third-order valence-corrected chi connectivity index (χ3v) is 12.8. The first-order valence-corrected chi connectivity index (χ1v) is 25.3. The van der Waals surface area contributed by atoms with Crippen molar-refractivity contribution in [3.05, 3.63) is 0 Å². The van der Waals surface area contributed by atoms with Crippen LogP contribution in [0, 0.1) is 5.92 Å². The average molecular weight is 860 g/mol. The number of amides is 1. The Morgan fingerprint density at radius 2 is 0.967 bits per heavy atom. The Balaban J connectivity index is 2.38. The van der Waals surface area contributed by atoms with Crippen molar-refractivity contribution in [3.8, 4) is 0 Å². The minimum absolute atomic E-state index is 0.266. The van der Waals surface area contributed by atoms with Crippen LogP contribution in [0.3, 0.4) is 0 Å². The fraction of sp³-hybridized carbons (Fsp3) is 0.980. The standard InChI is InChI=1S/C49H97NO10/c1-4-6-7-8-9-10-11-12-13-14-15-16-17-18-19-20-21-26-29-32-36-42(53)48(58)50-40(38-59-49-47(57)46(56)45(55)43(37-51)60-49)44(54)41(52)35-31-28-25-23-22-24-27-30-34-39(3)33-5-2/h39-47,49,51-57H,4-38H2,1-3H3,(H,50,58)/t39?,40-,41+,42+,43+,44-,45-,46-,47+,49+/m0/s1. The zero-order chi connectivity index (χ0) is 44.2. The topological polar surface area (TPSA) is 189 Å². The lowest BCUT2D eigenvalue weighted by Gasteiger charge is -2.40. The van der Waals surface area contributed by atoms with Gasteiger partial charge in [0, 0.05) is 0 Å². The summed E-state index contributed by atoms with van der Waals surface area (Å²) in [5.41, 5.74) is 0. The van der Waals surface area contributed by atoms with Crippen LogP contribution in [-0.4, -0.2) is 110 Å². The van der Waals surface area contributed by atoms with Gasteiger partial charge in [-0.05, 0) is 18.8 Å². The van der Waals surface area contributed by atoms with Crippen LogP contribution < -0.4 is 5.32 Å². The minimum atomic E-state index is -1.66. The maximum absolute atomic E-state index is 13.1. The fourth-order valence-electron chi connectivity index (χ4n) is 8.62. The number of nitrogens with one attached hydrogen (secondary N) is 1. The highest BCUT2D eigenvalue weighted by Crippen LogP contribution is 2.23. The van der Waals surface area contributed by atoms with E-state index in [1.807, 2.05) is 0 Å². The van der Waals surface area contributed by atoms with E-state index in [9.17, 15) is 40.5 Å². The molecule has 1 amide bonds. The normalized spacial score (nSPS) is 22.1. The third-order valence-electron chi connectivity index (χ3n) is 12.8. The van der Waals surface area contributed by atoms with E-state index >= 15 is 0 Å².